The number of likely N-dealkylation sites (N-methyl/N-ethyl adjacent to an activating group) is 1. The van der Waals surface area contributed by atoms with E-state index in [0.29, 0.717) is 12.3 Å². The van der Waals surface area contributed by atoms with Gasteiger partial charge in [-0.2, -0.15) is 0 Å². The van der Waals surface area contributed by atoms with Gasteiger partial charge in [0.25, 0.3) is 0 Å². The molecule has 13 heteroatoms. The predicted molar refractivity (Wildman–Crippen MR) is 118 cm³/mol. The van der Waals surface area contributed by atoms with Crippen LogP contribution in [0.15, 0.2) is 0 Å². The Morgan fingerprint density at radius 3 is 2.55 bits per heavy atom. The number of thioether (sulfide) groups is 1. The molecule has 0 radical (unpaired) electrons. The van der Waals surface area contributed by atoms with E-state index in [1.165, 1.54) is 0 Å². The third-order valence-electron chi connectivity index (χ3n) is 5.86. The van der Waals surface area contributed by atoms with Gasteiger partial charge in [-0.3, -0.25) is 14.2 Å². The molecule has 182 valence electrons. The third-order valence-corrected chi connectivity index (χ3v) is 7.51. The standard InChI is InChI=1S/C18H34ClN2O8PS/c1-5-6-10-7-11(21(3)8-10)17(24)20-12(9(2)19)15-13(22)16(29-30(25,26)27)14(23)18(28-15)31-4/h9-16,18,22-23H,5-8H2,1-4H3,(H,20,24)(H2,25,26,27)/t9-,10+,11+,12+,13-,14-,15-,16-,18+/m0/s1. The molecule has 2 aliphatic heterocycles. The highest BCUT2D eigenvalue weighted by Gasteiger charge is 2.51. The quantitative estimate of drug-likeness (QED) is 0.222. The number of nitrogens with one attached hydrogen (secondary N) is 1. The molecular formula is C18H34ClN2O8PS. The van der Waals surface area contributed by atoms with Crippen LogP contribution in [0.3, 0.4) is 0 Å². The Bertz CT molecular complexity index is 656. The van der Waals surface area contributed by atoms with Crippen molar-refractivity contribution >= 4 is 37.1 Å². The second-order valence-electron chi connectivity index (χ2n) is 8.30. The van der Waals surface area contributed by atoms with Crippen LogP contribution in [0, 0.1) is 5.92 Å². The molecule has 2 heterocycles. The number of alkyl halides is 1. The van der Waals surface area contributed by atoms with Gasteiger partial charge in [0.1, 0.15) is 29.9 Å². The Morgan fingerprint density at radius 1 is 1.39 bits per heavy atom. The largest absolute Gasteiger partial charge is 0.470 e. The Kier molecular flexibility index (Phi) is 10.1. The van der Waals surface area contributed by atoms with Gasteiger partial charge in [0.2, 0.25) is 5.91 Å². The van der Waals surface area contributed by atoms with Crippen molar-refractivity contribution in [3.63, 3.8) is 0 Å². The first-order chi connectivity index (χ1) is 14.4. The summed E-state index contributed by atoms with van der Waals surface area (Å²) in [5, 5.41) is 23.3. The minimum Gasteiger partial charge on any atom is -0.387 e. The molecule has 2 fully saturated rings. The molecule has 0 aromatic rings. The lowest BCUT2D eigenvalue weighted by Gasteiger charge is -2.45. The van der Waals surface area contributed by atoms with Crippen LogP contribution < -0.4 is 5.32 Å². The zero-order chi connectivity index (χ0) is 23.5. The highest BCUT2D eigenvalue weighted by molar-refractivity contribution is 7.99. The van der Waals surface area contributed by atoms with Crippen LogP contribution in [0.25, 0.3) is 0 Å². The van der Waals surface area contributed by atoms with Crippen molar-refractivity contribution in [3.05, 3.63) is 0 Å². The average Bonchev–Trinajstić information content (AvgIpc) is 3.03. The Balaban J connectivity index is 2.20. The van der Waals surface area contributed by atoms with Crippen molar-refractivity contribution in [2.75, 3.05) is 19.8 Å². The zero-order valence-electron chi connectivity index (χ0n) is 18.1. The molecule has 0 bridgehead atoms. The lowest BCUT2D eigenvalue weighted by molar-refractivity contribution is -0.201. The van der Waals surface area contributed by atoms with Crippen LogP contribution in [0.4, 0.5) is 0 Å². The fraction of sp³-hybridized carbons (Fsp3) is 0.944. The van der Waals surface area contributed by atoms with Crippen LogP contribution in [0.5, 0.6) is 0 Å². The smallest absolute Gasteiger partial charge is 0.387 e. The number of hydrogen-bond donors (Lipinski definition) is 5. The molecule has 2 saturated heterocycles. The number of halogens is 1. The molecule has 0 unspecified atom stereocenters. The van der Waals surface area contributed by atoms with Crippen molar-refractivity contribution in [2.45, 2.75) is 80.4 Å². The summed E-state index contributed by atoms with van der Waals surface area (Å²) in [4.78, 5) is 33.4. The maximum atomic E-state index is 13.0. The fourth-order valence-electron chi connectivity index (χ4n) is 4.38. The summed E-state index contributed by atoms with van der Waals surface area (Å²) < 4.78 is 21.8. The molecule has 5 N–H and O–H groups in total. The number of phosphoric ester groups is 1. The minimum atomic E-state index is -5.00. The summed E-state index contributed by atoms with van der Waals surface area (Å²) in [5.41, 5.74) is -0.942. The fourth-order valence-corrected chi connectivity index (χ4v) is 5.83. The molecule has 0 aromatic heterocycles. The Morgan fingerprint density at radius 2 is 2.03 bits per heavy atom. The van der Waals surface area contributed by atoms with Gasteiger partial charge >= 0.3 is 7.82 Å². The van der Waals surface area contributed by atoms with Crippen molar-refractivity contribution in [1.82, 2.24) is 10.2 Å². The predicted octanol–water partition coefficient (Wildman–Crippen LogP) is 0.506. The van der Waals surface area contributed by atoms with E-state index >= 15 is 0 Å². The first-order valence-corrected chi connectivity index (χ1v) is 13.6. The number of carbonyl (C=O) groups is 1. The molecule has 0 spiro atoms. The van der Waals surface area contributed by atoms with Crippen molar-refractivity contribution in [2.24, 2.45) is 5.92 Å². The molecule has 10 nitrogen and oxygen atoms in total. The maximum Gasteiger partial charge on any atom is 0.470 e. The van der Waals surface area contributed by atoms with E-state index in [-0.39, 0.29) is 11.9 Å². The maximum absolute atomic E-state index is 13.0. The summed E-state index contributed by atoms with van der Waals surface area (Å²) >= 11 is 7.42. The molecular weight excluding hydrogens is 471 g/mol. The number of aliphatic hydroxyl groups excluding tert-OH is 2. The third kappa shape index (κ3) is 7.02. The highest BCUT2D eigenvalue weighted by atomic mass is 35.5. The van der Waals surface area contributed by atoms with Gasteiger partial charge in [0, 0.05) is 6.54 Å². The number of likely N-dealkylation sites (tertiary alicyclic amines) is 1. The molecule has 0 aliphatic carbocycles. The van der Waals surface area contributed by atoms with Crippen molar-refractivity contribution in [1.29, 1.82) is 0 Å². The average molecular weight is 505 g/mol. The van der Waals surface area contributed by atoms with Crippen LogP contribution in [-0.4, -0.2) is 98.0 Å². The lowest BCUT2D eigenvalue weighted by atomic mass is 9.92. The van der Waals surface area contributed by atoms with Crippen molar-refractivity contribution < 1.29 is 38.6 Å². The summed E-state index contributed by atoms with van der Waals surface area (Å²) in [6.07, 6.45) is -1.47. The molecule has 0 saturated carbocycles. The monoisotopic (exact) mass is 504 g/mol. The molecule has 2 rings (SSSR count). The van der Waals surface area contributed by atoms with E-state index in [9.17, 15) is 29.4 Å². The summed E-state index contributed by atoms with van der Waals surface area (Å²) in [7, 11) is -3.12. The number of hydrogen-bond acceptors (Lipinski definition) is 8. The number of amides is 1. The van der Waals surface area contributed by atoms with E-state index in [0.717, 1.165) is 31.1 Å². The van der Waals surface area contributed by atoms with E-state index in [1.807, 2.05) is 11.9 Å². The van der Waals surface area contributed by atoms with E-state index in [1.54, 1.807) is 13.2 Å². The Labute approximate surface area is 192 Å². The van der Waals surface area contributed by atoms with Crippen LogP contribution >= 0.6 is 31.2 Å². The number of carbonyl (C=O) groups excluding carboxylic acids is 1. The van der Waals surface area contributed by atoms with Crippen LogP contribution in [0.1, 0.15) is 33.1 Å². The van der Waals surface area contributed by atoms with Gasteiger partial charge in [0.05, 0.1) is 17.5 Å². The molecule has 31 heavy (non-hydrogen) atoms. The van der Waals surface area contributed by atoms with Gasteiger partial charge in [0.15, 0.2) is 0 Å². The minimum absolute atomic E-state index is 0.256. The number of nitrogens with zero attached hydrogens (tertiary/aromatic N) is 1. The molecule has 1 amide bonds. The zero-order valence-corrected chi connectivity index (χ0v) is 20.6. The first-order valence-electron chi connectivity index (χ1n) is 10.3. The Hall–Kier alpha value is 0.0600. The normalized spacial score (nSPS) is 36.9. The summed E-state index contributed by atoms with van der Waals surface area (Å²) in [5.74, 6) is 0.167. The second kappa shape index (κ2) is 11.5. The van der Waals surface area contributed by atoms with Gasteiger partial charge in [-0.15, -0.1) is 23.4 Å². The second-order valence-corrected chi connectivity index (χ2v) is 11.1. The SMILES string of the molecule is CCC[C@@H]1C[C@H](C(=O)N[C@@H]([C@@H]2O[C@H](SC)[C@@H](O)[C@@H](OP(=O)(O)O)[C@H]2O)[C@H](C)Cl)N(C)C1. The van der Waals surface area contributed by atoms with Gasteiger partial charge in [-0.25, -0.2) is 4.57 Å². The lowest BCUT2D eigenvalue weighted by Crippen LogP contribution is -2.65. The number of rotatable bonds is 9. The van der Waals surface area contributed by atoms with Crippen LogP contribution in [0.2, 0.25) is 0 Å². The van der Waals surface area contributed by atoms with Gasteiger partial charge < -0.3 is 30.1 Å². The van der Waals surface area contributed by atoms with E-state index in [4.69, 9.17) is 16.3 Å². The molecule has 0 aromatic carbocycles. The number of aliphatic hydroxyl groups is 2. The van der Waals surface area contributed by atoms with Crippen molar-refractivity contribution in [3.8, 4) is 0 Å². The topological polar surface area (TPSA) is 149 Å². The number of phosphoric acid groups is 1. The van der Waals surface area contributed by atoms with Gasteiger partial charge in [-0.1, -0.05) is 13.3 Å². The van der Waals surface area contributed by atoms with Gasteiger partial charge in [-0.05, 0) is 39.0 Å². The highest BCUT2D eigenvalue weighted by Crippen LogP contribution is 2.43. The molecule has 2 aliphatic rings. The number of ether oxygens (including phenoxy) is 1. The van der Waals surface area contributed by atoms with E-state index in [2.05, 4.69) is 16.8 Å². The molecule has 9 atom stereocenters. The van der Waals surface area contributed by atoms with Crippen LogP contribution in [-0.2, 0) is 18.6 Å². The first kappa shape index (κ1) is 27.3. The summed E-state index contributed by atoms with van der Waals surface area (Å²) in [6.45, 7) is 4.54. The summed E-state index contributed by atoms with van der Waals surface area (Å²) in [6, 6.07) is -1.23. The van der Waals surface area contributed by atoms with E-state index < -0.39 is 49.1 Å².